The van der Waals surface area contributed by atoms with Crippen molar-refractivity contribution in [1.82, 2.24) is 4.90 Å². The first kappa shape index (κ1) is 19.2. The molecule has 1 amide bonds. The van der Waals surface area contributed by atoms with Crippen LogP contribution in [-0.4, -0.2) is 34.6 Å². The van der Waals surface area contributed by atoms with Crippen LogP contribution in [0.5, 0.6) is 0 Å². The lowest BCUT2D eigenvalue weighted by Crippen LogP contribution is -2.44. The SMILES string of the molecule is NC(=O)[C@H](c1ccc(C(F)(F)F)cc1)N1CCC([C@H]2CC(Br)=NO2)CC1. The molecule has 9 heteroatoms. The smallest absolute Gasteiger partial charge is 0.391 e. The minimum Gasteiger partial charge on any atom is -0.391 e. The highest BCUT2D eigenvalue weighted by atomic mass is 79.9. The number of hydrogen-bond acceptors (Lipinski definition) is 4. The summed E-state index contributed by atoms with van der Waals surface area (Å²) in [6.07, 6.45) is -2.01. The summed E-state index contributed by atoms with van der Waals surface area (Å²) < 4.78 is 39.0. The van der Waals surface area contributed by atoms with Crippen LogP contribution in [-0.2, 0) is 15.8 Å². The number of carbonyl (C=O) groups excluding carboxylic acids is 1. The lowest BCUT2D eigenvalue weighted by atomic mass is 9.88. The molecule has 2 aliphatic rings. The van der Waals surface area contributed by atoms with E-state index in [9.17, 15) is 18.0 Å². The van der Waals surface area contributed by atoms with Crippen LogP contribution >= 0.6 is 15.9 Å². The molecule has 0 spiro atoms. The van der Waals surface area contributed by atoms with Gasteiger partial charge in [-0.2, -0.15) is 13.2 Å². The van der Waals surface area contributed by atoms with Gasteiger partial charge in [0.25, 0.3) is 0 Å². The molecule has 0 bridgehead atoms. The van der Waals surface area contributed by atoms with Crippen molar-refractivity contribution in [1.29, 1.82) is 0 Å². The van der Waals surface area contributed by atoms with E-state index in [-0.39, 0.29) is 6.10 Å². The Morgan fingerprint density at radius 3 is 2.35 bits per heavy atom. The summed E-state index contributed by atoms with van der Waals surface area (Å²) in [5.74, 6) is -0.238. The summed E-state index contributed by atoms with van der Waals surface area (Å²) in [6, 6.07) is 3.90. The average Bonchev–Trinajstić information content (AvgIpc) is 3.01. The van der Waals surface area contributed by atoms with E-state index in [4.69, 9.17) is 10.6 Å². The number of halogens is 4. The average molecular weight is 434 g/mol. The van der Waals surface area contributed by atoms with Gasteiger partial charge in [-0.05, 0) is 59.6 Å². The van der Waals surface area contributed by atoms with E-state index in [2.05, 4.69) is 21.1 Å². The quantitative estimate of drug-likeness (QED) is 0.790. The highest BCUT2D eigenvalue weighted by Gasteiger charge is 2.36. The number of nitrogens with zero attached hydrogens (tertiary/aromatic N) is 2. The zero-order chi connectivity index (χ0) is 18.9. The zero-order valence-electron chi connectivity index (χ0n) is 13.9. The van der Waals surface area contributed by atoms with Gasteiger partial charge in [-0.3, -0.25) is 9.69 Å². The van der Waals surface area contributed by atoms with Gasteiger partial charge in [0.2, 0.25) is 5.91 Å². The fraction of sp³-hybridized carbons (Fsp3) is 0.529. The topological polar surface area (TPSA) is 67.9 Å². The van der Waals surface area contributed by atoms with Crippen LogP contribution < -0.4 is 5.73 Å². The number of piperidine rings is 1. The Balaban J connectivity index is 1.67. The third kappa shape index (κ3) is 4.20. The third-order valence-electron chi connectivity index (χ3n) is 4.95. The Labute approximate surface area is 157 Å². The summed E-state index contributed by atoms with van der Waals surface area (Å²) in [7, 11) is 0. The Morgan fingerprint density at radius 2 is 1.88 bits per heavy atom. The summed E-state index contributed by atoms with van der Waals surface area (Å²) in [5.41, 5.74) is 5.28. The van der Waals surface area contributed by atoms with E-state index < -0.39 is 23.7 Å². The van der Waals surface area contributed by atoms with Gasteiger partial charge in [0.1, 0.15) is 16.8 Å². The van der Waals surface area contributed by atoms with Gasteiger partial charge in [0.15, 0.2) is 0 Å². The lowest BCUT2D eigenvalue weighted by molar-refractivity contribution is -0.137. The summed E-state index contributed by atoms with van der Waals surface area (Å²) >= 11 is 3.32. The van der Waals surface area contributed by atoms with Crippen LogP contribution in [0.4, 0.5) is 13.2 Å². The normalized spacial score (nSPS) is 23.4. The molecule has 142 valence electrons. The number of benzene rings is 1. The maximum absolute atomic E-state index is 12.7. The van der Waals surface area contributed by atoms with Crippen molar-refractivity contribution in [3.8, 4) is 0 Å². The van der Waals surface area contributed by atoms with E-state index >= 15 is 0 Å². The van der Waals surface area contributed by atoms with Crippen molar-refractivity contribution < 1.29 is 22.8 Å². The van der Waals surface area contributed by atoms with Gasteiger partial charge in [-0.25, -0.2) is 0 Å². The van der Waals surface area contributed by atoms with Gasteiger partial charge >= 0.3 is 6.18 Å². The molecule has 26 heavy (non-hydrogen) atoms. The molecule has 3 rings (SSSR count). The van der Waals surface area contributed by atoms with Gasteiger partial charge < -0.3 is 10.6 Å². The fourth-order valence-electron chi connectivity index (χ4n) is 3.58. The van der Waals surface area contributed by atoms with Crippen LogP contribution in [0.25, 0.3) is 0 Å². The van der Waals surface area contributed by atoms with Gasteiger partial charge in [-0.1, -0.05) is 17.3 Å². The van der Waals surface area contributed by atoms with Crippen LogP contribution in [0.1, 0.15) is 36.4 Å². The van der Waals surface area contributed by atoms with Gasteiger partial charge in [0.05, 0.1) is 5.56 Å². The Morgan fingerprint density at radius 1 is 1.27 bits per heavy atom. The molecule has 5 nitrogen and oxygen atoms in total. The largest absolute Gasteiger partial charge is 0.416 e. The second-order valence-electron chi connectivity index (χ2n) is 6.61. The minimum atomic E-state index is -4.41. The number of nitrogens with two attached hydrogens (primary N) is 1. The first-order chi connectivity index (χ1) is 12.3. The van der Waals surface area contributed by atoms with Crippen molar-refractivity contribution in [3.05, 3.63) is 35.4 Å². The molecule has 1 aromatic rings. The maximum atomic E-state index is 12.7. The molecule has 0 radical (unpaired) electrons. The van der Waals surface area contributed by atoms with E-state index in [0.717, 1.165) is 36.0 Å². The number of primary amides is 1. The van der Waals surface area contributed by atoms with E-state index in [0.29, 0.717) is 24.6 Å². The molecule has 1 saturated heterocycles. The molecule has 1 fully saturated rings. The van der Waals surface area contributed by atoms with Gasteiger partial charge in [-0.15, -0.1) is 0 Å². The molecule has 0 aliphatic carbocycles. The van der Waals surface area contributed by atoms with Crippen LogP contribution in [0, 0.1) is 5.92 Å². The predicted molar refractivity (Wildman–Crippen MR) is 93.5 cm³/mol. The molecule has 2 heterocycles. The first-order valence-electron chi connectivity index (χ1n) is 8.34. The second-order valence-corrected chi connectivity index (χ2v) is 7.53. The first-order valence-corrected chi connectivity index (χ1v) is 9.13. The second kappa shape index (κ2) is 7.56. The highest BCUT2D eigenvalue weighted by molar-refractivity contribution is 9.18. The van der Waals surface area contributed by atoms with Crippen LogP contribution in [0.2, 0.25) is 0 Å². The Hall–Kier alpha value is -1.61. The van der Waals surface area contributed by atoms with Crippen molar-refractivity contribution >= 4 is 26.5 Å². The molecule has 2 atom stereocenters. The number of amides is 1. The van der Waals surface area contributed by atoms with E-state index in [1.807, 2.05) is 4.90 Å². The van der Waals surface area contributed by atoms with Crippen molar-refractivity contribution in [3.63, 3.8) is 0 Å². The fourth-order valence-corrected chi connectivity index (χ4v) is 3.98. The zero-order valence-corrected chi connectivity index (χ0v) is 15.5. The molecule has 2 aliphatic heterocycles. The summed E-state index contributed by atoms with van der Waals surface area (Å²) in [4.78, 5) is 19.3. The molecule has 0 aromatic heterocycles. The number of hydrogen-bond donors (Lipinski definition) is 1. The number of likely N-dealkylation sites (tertiary alicyclic amines) is 1. The monoisotopic (exact) mass is 433 g/mol. The van der Waals surface area contributed by atoms with E-state index in [1.165, 1.54) is 12.1 Å². The maximum Gasteiger partial charge on any atom is 0.416 e. The minimum absolute atomic E-state index is 0.0321. The van der Waals surface area contributed by atoms with Crippen LogP contribution in [0.3, 0.4) is 0 Å². The predicted octanol–water partition coefficient (Wildman–Crippen LogP) is 3.44. The van der Waals surface area contributed by atoms with Crippen molar-refractivity contribution in [2.45, 2.75) is 37.6 Å². The molecular weight excluding hydrogens is 415 g/mol. The number of rotatable bonds is 4. The lowest BCUT2D eigenvalue weighted by Gasteiger charge is -2.37. The number of carbonyl (C=O) groups is 1. The Bertz CT molecular complexity index is 685. The Kier molecular flexibility index (Phi) is 5.57. The standard InChI is InChI=1S/C17H19BrF3N3O2/c18-14-9-13(26-23-14)10-5-7-24(8-6-10)15(16(22)25)11-1-3-12(4-2-11)17(19,20)21/h1-4,10,13,15H,5-9H2,(H2,22,25)/t13-,15+/m1/s1. The van der Waals surface area contributed by atoms with Crippen molar-refractivity contribution in [2.75, 3.05) is 13.1 Å². The molecule has 1 aromatic carbocycles. The highest BCUT2D eigenvalue weighted by Crippen LogP contribution is 2.34. The molecule has 0 unspecified atom stereocenters. The molecule has 0 saturated carbocycles. The summed E-state index contributed by atoms with van der Waals surface area (Å²) in [5, 5.41) is 3.90. The van der Waals surface area contributed by atoms with Crippen molar-refractivity contribution in [2.24, 2.45) is 16.8 Å². The van der Waals surface area contributed by atoms with Crippen LogP contribution in [0.15, 0.2) is 29.4 Å². The number of alkyl halides is 3. The molecular formula is C17H19BrF3N3O2. The van der Waals surface area contributed by atoms with E-state index in [1.54, 1.807) is 0 Å². The third-order valence-corrected chi connectivity index (χ3v) is 5.41. The summed E-state index contributed by atoms with van der Waals surface area (Å²) in [6.45, 7) is 1.24. The number of oxime groups is 1. The molecule has 2 N–H and O–H groups in total. The van der Waals surface area contributed by atoms with Gasteiger partial charge in [0, 0.05) is 12.3 Å².